The summed E-state index contributed by atoms with van der Waals surface area (Å²) in [6.45, 7) is 0.283. The Hall–Kier alpha value is -2.60. The fourth-order valence-corrected chi connectivity index (χ4v) is 1.34. The number of nitrogens with zero attached hydrogens (tertiary/aromatic N) is 5. The van der Waals surface area contributed by atoms with Crippen LogP contribution in [0.15, 0.2) is 39.6 Å². The van der Waals surface area contributed by atoms with Crippen LogP contribution in [0.25, 0.3) is 10.4 Å². The largest absolute Gasteiger partial charge is 0.508 e. The molecule has 1 aromatic rings. The topological polar surface area (TPSA) is 123 Å². The number of aromatic hydroxyl groups is 1. The summed E-state index contributed by atoms with van der Waals surface area (Å²) in [4.78, 5) is 14.3. The smallest absolute Gasteiger partial charge is 0.251 e. The molecule has 8 nitrogen and oxygen atoms in total. The predicted octanol–water partition coefficient (Wildman–Crippen LogP) is 1.59. The van der Waals surface area contributed by atoms with Crippen LogP contribution in [-0.4, -0.2) is 29.8 Å². The number of phenols is 1. The molecule has 92 valence electrons. The van der Waals surface area contributed by atoms with Gasteiger partial charge in [0.25, 0.3) is 5.91 Å². The van der Waals surface area contributed by atoms with Gasteiger partial charge in [-0.1, -0.05) is 5.11 Å². The van der Waals surface area contributed by atoms with E-state index in [9.17, 15) is 4.79 Å². The third kappa shape index (κ3) is 2.74. The first-order valence-corrected chi connectivity index (χ1v) is 5.17. The molecule has 1 aliphatic heterocycles. The number of nitrogens with one attached hydrogen (secondary N) is 1. The van der Waals surface area contributed by atoms with Gasteiger partial charge in [-0.3, -0.25) is 4.79 Å². The first-order chi connectivity index (χ1) is 8.65. The number of hydrogen-bond acceptors (Lipinski definition) is 5. The molecule has 1 aromatic carbocycles. The van der Waals surface area contributed by atoms with Crippen molar-refractivity contribution in [3.05, 3.63) is 40.3 Å². The van der Waals surface area contributed by atoms with Gasteiger partial charge in [0, 0.05) is 10.5 Å². The minimum atomic E-state index is -0.793. The van der Waals surface area contributed by atoms with E-state index in [1.807, 2.05) is 0 Å². The molecule has 0 saturated heterocycles. The van der Waals surface area contributed by atoms with Gasteiger partial charge in [-0.2, -0.15) is 10.2 Å². The fourth-order valence-electron chi connectivity index (χ4n) is 1.34. The Kier molecular flexibility index (Phi) is 3.11. The normalized spacial score (nSPS) is 14.7. The Morgan fingerprint density at radius 1 is 1.44 bits per heavy atom. The highest BCUT2D eigenvalue weighted by Crippen LogP contribution is 2.27. The number of hydrogen-bond donors (Lipinski definition) is 2. The van der Waals surface area contributed by atoms with Gasteiger partial charge in [-0.25, -0.2) is 0 Å². The number of amides is 1. The molecule has 2 N–H and O–H groups in total. The zero-order valence-electron chi connectivity index (χ0n) is 9.32. The Labute approximate surface area is 102 Å². The van der Waals surface area contributed by atoms with E-state index in [0.717, 1.165) is 0 Å². The molecule has 1 heterocycles. The van der Waals surface area contributed by atoms with E-state index >= 15 is 0 Å². The molecule has 0 unspecified atom stereocenters. The van der Waals surface area contributed by atoms with Crippen molar-refractivity contribution < 1.29 is 9.90 Å². The van der Waals surface area contributed by atoms with Crippen LogP contribution in [0.2, 0.25) is 0 Å². The number of carbonyl (C=O) groups excluding carboxylic acids is 1. The summed E-state index contributed by atoms with van der Waals surface area (Å²) < 4.78 is 0. The van der Waals surface area contributed by atoms with Crippen molar-refractivity contribution in [2.45, 2.75) is 5.66 Å². The lowest BCUT2D eigenvalue weighted by atomic mass is 10.2. The van der Waals surface area contributed by atoms with Crippen LogP contribution in [0.5, 0.6) is 5.75 Å². The minimum absolute atomic E-state index is 0.0959. The van der Waals surface area contributed by atoms with Crippen LogP contribution in [0.1, 0.15) is 10.4 Å². The van der Waals surface area contributed by atoms with Crippen molar-refractivity contribution in [2.24, 2.45) is 15.3 Å². The average molecular weight is 246 g/mol. The first kappa shape index (κ1) is 11.9. The van der Waals surface area contributed by atoms with Crippen LogP contribution in [0.3, 0.4) is 0 Å². The molecular formula is C10H10N6O2. The van der Waals surface area contributed by atoms with Crippen LogP contribution < -0.4 is 5.32 Å². The molecule has 0 fully saturated rings. The number of rotatable bonds is 5. The molecule has 0 radical (unpaired) electrons. The van der Waals surface area contributed by atoms with E-state index in [1.54, 1.807) is 0 Å². The summed E-state index contributed by atoms with van der Waals surface area (Å²) in [7, 11) is 0. The van der Waals surface area contributed by atoms with E-state index in [-0.39, 0.29) is 24.7 Å². The molecule has 1 aliphatic rings. The Morgan fingerprint density at radius 2 is 2.11 bits per heavy atom. The van der Waals surface area contributed by atoms with Gasteiger partial charge >= 0.3 is 0 Å². The van der Waals surface area contributed by atoms with Crippen LogP contribution in [-0.2, 0) is 0 Å². The molecule has 0 bridgehead atoms. The van der Waals surface area contributed by atoms with Gasteiger partial charge in [0.2, 0.25) is 5.66 Å². The van der Waals surface area contributed by atoms with Crippen molar-refractivity contribution in [3.63, 3.8) is 0 Å². The minimum Gasteiger partial charge on any atom is -0.508 e. The van der Waals surface area contributed by atoms with Gasteiger partial charge in [-0.05, 0) is 29.8 Å². The number of phenolic OH excluding ortho intramolecular Hbond substituents is 1. The second kappa shape index (κ2) is 4.72. The maximum absolute atomic E-state index is 11.7. The second-order valence-corrected chi connectivity index (χ2v) is 3.80. The zero-order valence-corrected chi connectivity index (χ0v) is 9.32. The standard InChI is InChI=1S/C10H10N6O2/c11-16-13-6-10(14-15-10)5-12-9(18)7-1-3-8(17)4-2-7/h1-4,17H,5-6H2,(H,12,18). The highest BCUT2D eigenvalue weighted by molar-refractivity contribution is 5.94. The first-order valence-electron chi connectivity index (χ1n) is 5.17. The average Bonchev–Trinajstić information content (AvgIpc) is 3.15. The highest BCUT2D eigenvalue weighted by Gasteiger charge is 2.39. The molecule has 0 spiro atoms. The van der Waals surface area contributed by atoms with Crippen molar-refractivity contribution in [1.82, 2.24) is 5.32 Å². The number of benzene rings is 1. The summed E-state index contributed by atoms with van der Waals surface area (Å²) in [5.41, 5.74) is 7.83. The molecule has 0 atom stereocenters. The van der Waals surface area contributed by atoms with E-state index in [4.69, 9.17) is 10.6 Å². The Balaban J connectivity index is 1.89. The third-order valence-corrected chi connectivity index (χ3v) is 2.43. The number of carbonyl (C=O) groups is 1. The van der Waals surface area contributed by atoms with Crippen molar-refractivity contribution in [1.29, 1.82) is 0 Å². The lowest BCUT2D eigenvalue weighted by Gasteiger charge is -2.09. The molecule has 2 rings (SSSR count). The maximum atomic E-state index is 11.7. The maximum Gasteiger partial charge on any atom is 0.251 e. The van der Waals surface area contributed by atoms with Gasteiger partial charge in [0.05, 0.1) is 13.1 Å². The van der Waals surface area contributed by atoms with E-state index < -0.39 is 5.66 Å². The number of azide groups is 1. The Bertz CT molecular complexity index is 526. The lowest BCUT2D eigenvalue weighted by molar-refractivity contribution is 0.0949. The van der Waals surface area contributed by atoms with Crippen LogP contribution in [0.4, 0.5) is 0 Å². The summed E-state index contributed by atoms with van der Waals surface area (Å²) in [6.07, 6.45) is 0. The van der Waals surface area contributed by atoms with Gasteiger partial charge in [-0.15, -0.1) is 0 Å². The SMILES string of the molecule is [N-]=[N+]=NCC1(CNC(=O)c2ccc(O)cc2)N=N1. The zero-order chi connectivity index (χ0) is 13.0. The van der Waals surface area contributed by atoms with Crippen molar-refractivity contribution in [2.75, 3.05) is 13.1 Å². The third-order valence-electron chi connectivity index (χ3n) is 2.43. The summed E-state index contributed by atoms with van der Waals surface area (Å²) in [5.74, 6) is -0.203. The molecule has 0 aliphatic carbocycles. The lowest BCUT2D eigenvalue weighted by Crippen LogP contribution is -2.36. The molecule has 8 heteroatoms. The molecule has 18 heavy (non-hydrogen) atoms. The van der Waals surface area contributed by atoms with Gasteiger partial charge in [0.1, 0.15) is 5.75 Å². The van der Waals surface area contributed by atoms with Crippen molar-refractivity contribution in [3.8, 4) is 5.75 Å². The molecule has 0 aromatic heterocycles. The molecule has 0 saturated carbocycles. The van der Waals surface area contributed by atoms with Gasteiger partial charge in [0.15, 0.2) is 0 Å². The molecule has 1 amide bonds. The van der Waals surface area contributed by atoms with Crippen LogP contribution in [0, 0.1) is 0 Å². The fraction of sp³-hybridized carbons (Fsp3) is 0.300. The van der Waals surface area contributed by atoms with Gasteiger partial charge < -0.3 is 10.4 Å². The summed E-state index contributed by atoms with van der Waals surface area (Å²) in [5, 5.41) is 22.6. The molecular weight excluding hydrogens is 236 g/mol. The van der Waals surface area contributed by atoms with E-state index in [1.165, 1.54) is 24.3 Å². The monoisotopic (exact) mass is 246 g/mol. The second-order valence-electron chi connectivity index (χ2n) is 3.80. The quantitative estimate of drug-likeness (QED) is 0.465. The van der Waals surface area contributed by atoms with E-state index in [2.05, 4.69) is 25.6 Å². The van der Waals surface area contributed by atoms with Crippen LogP contribution >= 0.6 is 0 Å². The highest BCUT2D eigenvalue weighted by atomic mass is 16.3. The Morgan fingerprint density at radius 3 is 2.67 bits per heavy atom. The summed E-state index contributed by atoms with van der Waals surface area (Å²) in [6, 6.07) is 5.87. The summed E-state index contributed by atoms with van der Waals surface area (Å²) >= 11 is 0. The van der Waals surface area contributed by atoms with E-state index in [0.29, 0.717) is 5.56 Å². The van der Waals surface area contributed by atoms with Crippen molar-refractivity contribution >= 4 is 5.91 Å². The predicted molar refractivity (Wildman–Crippen MR) is 62.0 cm³/mol.